The summed E-state index contributed by atoms with van der Waals surface area (Å²) in [6, 6.07) is 16.9. The Hall–Kier alpha value is -2.70. The molecular formula is C27H34ClN3O3. The summed E-state index contributed by atoms with van der Waals surface area (Å²) >= 11 is 0. The average molecular weight is 484 g/mol. The van der Waals surface area contributed by atoms with Crippen molar-refractivity contribution in [2.75, 3.05) is 13.1 Å². The molecule has 0 aromatic heterocycles. The van der Waals surface area contributed by atoms with Crippen molar-refractivity contribution in [2.24, 2.45) is 5.73 Å². The lowest BCUT2D eigenvalue weighted by Gasteiger charge is -2.41. The molecule has 3 N–H and O–H groups in total. The molecule has 0 bridgehead atoms. The summed E-state index contributed by atoms with van der Waals surface area (Å²) in [5.74, 6) is -0.475. The van der Waals surface area contributed by atoms with Gasteiger partial charge in [-0.2, -0.15) is 0 Å². The second kappa shape index (κ2) is 9.88. The third-order valence-corrected chi connectivity index (χ3v) is 7.29. The van der Waals surface area contributed by atoms with E-state index in [9.17, 15) is 14.4 Å². The van der Waals surface area contributed by atoms with Crippen LogP contribution in [0, 0.1) is 0 Å². The van der Waals surface area contributed by atoms with Crippen molar-refractivity contribution in [3.8, 4) is 0 Å². The van der Waals surface area contributed by atoms with Crippen LogP contribution in [0.5, 0.6) is 0 Å². The molecule has 1 saturated heterocycles. The number of nitrogens with one attached hydrogen (secondary N) is 1. The normalized spacial score (nSPS) is 18.6. The molecule has 1 spiro atoms. The van der Waals surface area contributed by atoms with Crippen LogP contribution in [-0.4, -0.2) is 47.2 Å². The monoisotopic (exact) mass is 483 g/mol. The van der Waals surface area contributed by atoms with Gasteiger partial charge in [0, 0.05) is 36.4 Å². The lowest BCUT2D eigenvalue weighted by atomic mass is 9.73. The van der Waals surface area contributed by atoms with E-state index in [1.54, 1.807) is 13.8 Å². The molecule has 2 amide bonds. The van der Waals surface area contributed by atoms with Gasteiger partial charge in [-0.05, 0) is 37.8 Å². The first-order valence-electron chi connectivity index (χ1n) is 11.7. The minimum absolute atomic E-state index is 0. The van der Waals surface area contributed by atoms with Crippen LogP contribution >= 0.6 is 12.4 Å². The Bertz CT molecular complexity index is 1060. The predicted molar refractivity (Wildman–Crippen MR) is 135 cm³/mol. The maximum atomic E-state index is 13.7. The maximum Gasteiger partial charge on any atom is 0.245 e. The number of halogens is 1. The molecule has 0 unspecified atom stereocenters. The first-order valence-corrected chi connectivity index (χ1v) is 11.7. The van der Waals surface area contributed by atoms with E-state index in [-0.39, 0.29) is 41.3 Å². The Balaban J connectivity index is 0.00000324. The number of rotatable bonds is 5. The molecule has 2 aromatic carbocycles. The molecule has 1 aliphatic carbocycles. The number of benzene rings is 2. The van der Waals surface area contributed by atoms with Crippen LogP contribution < -0.4 is 11.1 Å². The highest BCUT2D eigenvalue weighted by molar-refractivity contribution is 6.02. The van der Waals surface area contributed by atoms with E-state index in [1.807, 2.05) is 60.4 Å². The second-order valence-corrected chi connectivity index (χ2v) is 10.1. The van der Waals surface area contributed by atoms with E-state index in [0.717, 1.165) is 29.5 Å². The molecule has 34 heavy (non-hydrogen) atoms. The lowest BCUT2D eigenvalue weighted by Crippen LogP contribution is -2.59. The van der Waals surface area contributed by atoms with E-state index in [4.69, 9.17) is 5.73 Å². The average Bonchev–Trinajstić information content (AvgIpc) is 3.08. The van der Waals surface area contributed by atoms with Crippen LogP contribution in [0.4, 0.5) is 0 Å². The quantitative estimate of drug-likeness (QED) is 0.679. The van der Waals surface area contributed by atoms with E-state index < -0.39 is 11.6 Å². The first kappa shape index (κ1) is 25.9. The molecule has 2 aromatic rings. The van der Waals surface area contributed by atoms with Crippen molar-refractivity contribution in [3.63, 3.8) is 0 Å². The van der Waals surface area contributed by atoms with E-state index in [1.165, 1.54) is 0 Å². The predicted octanol–water partition coefficient (Wildman–Crippen LogP) is 3.58. The Morgan fingerprint density at radius 2 is 1.62 bits per heavy atom. The lowest BCUT2D eigenvalue weighted by molar-refractivity contribution is -0.139. The van der Waals surface area contributed by atoms with Gasteiger partial charge in [-0.3, -0.25) is 14.4 Å². The number of piperidine rings is 1. The van der Waals surface area contributed by atoms with Gasteiger partial charge in [-0.15, -0.1) is 12.4 Å². The summed E-state index contributed by atoms with van der Waals surface area (Å²) in [5, 5.41) is 2.93. The second-order valence-electron chi connectivity index (χ2n) is 10.1. The van der Waals surface area contributed by atoms with Crippen LogP contribution in [0.1, 0.15) is 67.4 Å². The van der Waals surface area contributed by atoms with E-state index in [0.29, 0.717) is 19.5 Å². The van der Waals surface area contributed by atoms with Gasteiger partial charge in [0.05, 0.1) is 5.54 Å². The summed E-state index contributed by atoms with van der Waals surface area (Å²) in [6.07, 6.45) is 1.99. The molecular weight excluding hydrogens is 450 g/mol. The van der Waals surface area contributed by atoms with Crippen molar-refractivity contribution < 1.29 is 14.4 Å². The van der Waals surface area contributed by atoms with Gasteiger partial charge in [0.1, 0.15) is 6.04 Å². The zero-order valence-corrected chi connectivity index (χ0v) is 20.9. The molecule has 0 radical (unpaired) electrons. The minimum Gasteiger partial charge on any atom is -0.342 e. The first-order chi connectivity index (χ1) is 15.6. The number of hydrogen-bond acceptors (Lipinski definition) is 4. The summed E-state index contributed by atoms with van der Waals surface area (Å²) in [5.41, 5.74) is 7.66. The molecule has 1 fully saturated rings. The van der Waals surface area contributed by atoms with Crippen LogP contribution in [-0.2, 0) is 15.0 Å². The van der Waals surface area contributed by atoms with Crippen molar-refractivity contribution >= 4 is 30.0 Å². The Morgan fingerprint density at radius 1 is 1.03 bits per heavy atom. The highest BCUT2D eigenvalue weighted by Gasteiger charge is 2.46. The van der Waals surface area contributed by atoms with Gasteiger partial charge in [0.25, 0.3) is 0 Å². The number of nitrogens with zero attached hydrogens (tertiary/aromatic N) is 1. The number of amides is 2. The molecule has 1 heterocycles. The molecule has 2 aliphatic rings. The van der Waals surface area contributed by atoms with Crippen molar-refractivity contribution in [3.05, 3.63) is 71.3 Å². The van der Waals surface area contributed by atoms with Gasteiger partial charge >= 0.3 is 0 Å². The van der Waals surface area contributed by atoms with Crippen LogP contribution in [0.25, 0.3) is 0 Å². The van der Waals surface area contributed by atoms with Gasteiger partial charge in [-0.25, -0.2) is 0 Å². The Labute approximate surface area is 207 Å². The van der Waals surface area contributed by atoms with Gasteiger partial charge < -0.3 is 16.0 Å². The minimum atomic E-state index is -1.09. The molecule has 1 aliphatic heterocycles. The fourth-order valence-corrected chi connectivity index (χ4v) is 5.16. The van der Waals surface area contributed by atoms with Crippen LogP contribution in [0.2, 0.25) is 0 Å². The molecule has 6 nitrogen and oxygen atoms in total. The number of carbonyl (C=O) groups is 3. The molecule has 7 heteroatoms. The molecule has 4 rings (SSSR count). The molecule has 0 saturated carbocycles. The fourth-order valence-electron chi connectivity index (χ4n) is 5.16. The number of Topliss-reactive ketones (excluding diaryl/α,β-unsaturated/α-hetero) is 1. The van der Waals surface area contributed by atoms with E-state index in [2.05, 4.69) is 11.4 Å². The number of nitrogens with two attached hydrogens (primary N) is 1. The summed E-state index contributed by atoms with van der Waals surface area (Å²) in [7, 11) is 0. The highest BCUT2D eigenvalue weighted by atomic mass is 35.5. The van der Waals surface area contributed by atoms with Crippen molar-refractivity contribution in [2.45, 2.75) is 62.9 Å². The third-order valence-electron chi connectivity index (χ3n) is 7.29. The molecule has 2 atom stereocenters. The number of fused-ring (bicyclic) bond motifs is 2. The summed E-state index contributed by atoms with van der Waals surface area (Å²) in [6.45, 7) is 6.34. The largest absolute Gasteiger partial charge is 0.342 e. The topological polar surface area (TPSA) is 92.5 Å². The van der Waals surface area contributed by atoms with Gasteiger partial charge in [0.15, 0.2) is 5.78 Å². The number of ketones is 1. The van der Waals surface area contributed by atoms with E-state index >= 15 is 0 Å². The SMILES string of the molecule is C[C@@H](c1ccccc1)[C@@H](NC(=O)C(C)(C)N)C(=O)N1CCC2(CC1)CC(=O)c1ccccc12.Cl. The zero-order valence-electron chi connectivity index (χ0n) is 20.0. The standard InChI is InChI=1S/C27H33N3O3.ClH/c1-18(19-9-5-4-6-10-19)23(29-25(33)26(2,3)28)24(32)30-15-13-27(14-16-30)17-22(31)20-11-7-8-12-21(20)27;/h4-12,18,23H,13-17,28H2,1-3H3,(H,29,33);1H/t18-,23+;/m0./s1. The smallest absolute Gasteiger partial charge is 0.245 e. The van der Waals surface area contributed by atoms with Crippen LogP contribution in [0.3, 0.4) is 0 Å². The molecule has 182 valence electrons. The summed E-state index contributed by atoms with van der Waals surface area (Å²) in [4.78, 5) is 40.8. The Morgan fingerprint density at radius 3 is 2.24 bits per heavy atom. The Kier molecular flexibility index (Phi) is 7.53. The van der Waals surface area contributed by atoms with Crippen molar-refractivity contribution in [1.29, 1.82) is 0 Å². The summed E-state index contributed by atoms with van der Waals surface area (Å²) < 4.78 is 0. The fraction of sp³-hybridized carbons (Fsp3) is 0.444. The number of carbonyl (C=O) groups excluding carboxylic acids is 3. The maximum absolute atomic E-state index is 13.7. The zero-order chi connectivity index (χ0) is 23.8. The van der Waals surface area contributed by atoms with Crippen molar-refractivity contribution in [1.82, 2.24) is 10.2 Å². The highest BCUT2D eigenvalue weighted by Crippen LogP contribution is 2.46. The van der Waals surface area contributed by atoms with Crippen LogP contribution in [0.15, 0.2) is 54.6 Å². The third kappa shape index (κ3) is 4.89. The van der Waals surface area contributed by atoms with Gasteiger partial charge in [-0.1, -0.05) is 61.5 Å². The number of hydrogen-bond donors (Lipinski definition) is 2. The number of likely N-dealkylation sites (tertiary alicyclic amines) is 1. The van der Waals surface area contributed by atoms with Gasteiger partial charge in [0.2, 0.25) is 11.8 Å².